The number of pyridine rings is 1. The van der Waals surface area contributed by atoms with Gasteiger partial charge in [-0.3, -0.25) is 4.98 Å². The Morgan fingerprint density at radius 3 is 2.92 bits per heavy atom. The van der Waals surface area contributed by atoms with Gasteiger partial charge in [0.15, 0.2) is 0 Å². The highest BCUT2D eigenvalue weighted by molar-refractivity contribution is 5.44. The summed E-state index contributed by atoms with van der Waals surface area (Å²) in [5.41, 5.74) is 1.000. The van der Waals surface area contributed by atoms with Gasteiger partial charge in [0, 0.05) is 12.2 Å². The topological polar surface area (TPSA) is 24.9 Å². The minimum absolute atomic E-state index is 0.395. The lowest BCUT2D eigenvalue weighted by Gasteiger charge is -2.01. The Labute approximate surface area is 73.3 Å². The van der Waals surface area contributed by atoms with E-state index < -0.39 is 0 Å². The van der Waals surface area contributed by atoms with Crippen molar-refractivity contribution in [2.24, 2.45) is 0 Å². The quantitative estimate of drug-likeness (QED) is 0.731. The largest absolute Gasteiger partial charge is 0.314 e. The van der Waals surface area contributed by atoms with Gasteiger partial charge in [0.25, 0.3) is 0 Å². The Kier molecular flexibility index (Phi) is 3.48. The van der Waals surface area contributed by atoms with Gasteiger partial charge in [0.1, 0.15) is 0 Å². The summed E-state index contributed by atoms with van der Waals surface area (Å²) in [6.45, 7) is 2.10. The number of nitrogens with one attached hydrogen (secondary N) is 1. The highest BCUT2D eigenvalue weighted by atomic mass is 14.8. The second-order valence-corrected chi connectivity index (χ2v) is 2.69. The molecule has 0 aliphatic rings. The SMILES string of the molecule is CNC(C)/C=C/c1ccccn1. The summed E-state index contributed by atoms with van der Waals surface area (Å²) in [6.07, 6.45) is 5.90. The fourth-order valence-corrected chi connectivity index (χ4v) is 0.814. The average Bonchev–Trinajstić information content (AvgIpc) is 2.16. The lowest BCUT2D eigenvalue weighted by molar-refractivity contribution is 0.731. The van der Waals surface area contributed by atoms with Crippen molar-refractivity contribution >= 4 is 6.08 Å². The van der Waals surface area contributed by atoms with Gasteiger partial charge in [-0.05, 0) is 32.2 Å². The molecule has 12 heavy (non-hydrogen) atoms. The molecule has 0 aliphatic heterocycles. The van der Waals surface area contributed by atoms with Crippen molar-refractivity contribution in [1.82, 2.24) is 10.3 Å². The monoisotopic (exact) mass is 162 g/mol. The molecule has 0 saturated heterocycles. The lowest BCUT2D eigenvalue weighted by Crippen LogP contribution is -2.17. The smallest absolute Gasteiger partial charge is 0.0627 e. The highest BCUT2D eigenvalue weighted by Gasteiger charge is 1.89. The summed E-state index contributed by atoms with van der Waals surface area (Å²) in [4.78, 5) is 4.17. The maximum absolute atomic E-state index is 4.17. The first-order valence-corrected chi connectivity index (χ1v) is 4.09. The number of hydrogen-bond donors (Lipinski definition) is 1. The molecule has 0 aromatic carbocycles. The van der Waals surface area contributed by atoms with Crippen LogP contribution in [0.15, 0.2) is 30.5 Å². The van der Waals surface area contributed by atoms with Crippen LogP contribution in [-0.4, -0.2) is 18.1 Å². The van der Waals surface area contributed by atoms with E-state index in [0.717, 1.165) is 5.69 Å². The Morgan fingerprint density at radius 2 is 2.33 bits per heavy atom. The van der Waals surface area contributed by atoms with Crippen molar-refractivity contribution in [1.29, 1.82) is 0 Å². The van der Waals surface area contributed by atoms with E-state index in [0.29, 0.717) is 6.04 Å². The van der Waals surface area contributed by atoms with Crippen LogP contribution in [0, 0.1) is 0 Å². The van der Waals surface area contributed by atoms with E-state index in [1.165, 1.54) is 0 Å². The molecule has 0 bridgehead atoms. The second kappa shape index (κ2) is 4.67. The van der Waals surface area contributed by atoms with Crippen LogP contribution >= 0.6 is 0 Å². The van der Waals surface area contributed by atoms with Gasteiger partial charge in [-0.15, -0.1) is 0 Å². The number of likely N-dealkylation sites (N-methyl/N-ethyl adjacent to an activating group) is 1. The van der Waals surface area contributed by atoms with Gasteiger partial charge in [0.2, 0.25) is 0 Å². The summed E-state index contributed by atoms with van der Waals surface area (Å²) in [6, 6.07) is 6.28. The van der Waals surface area contributed by atoms with Gasteiger partial charge in [-0.25, -0.2) is 0 Å². The molecule has 0 spiro atoms. The molecular weight excluding hydrogens is 148 g/mol. The molecule has 0 amide bonds. The molecule has 0 fully saturated rings. The van der Waals surface area contributed by atoms with Crippen LogP contribution in [0.5, 0.6) is 0 Å². The van der Waals surface area contributed by atoms with Gasteiger partial charge in [-0.1, -0.05) is 12.1 Å². The highest BCUT2D eigenvalue weighted by Crippen LogP contribution is 1.97. The maximum atomic E-state index is 4.17. The number of aromatic nitrogens is 1. The van der Waals surface area contributed by atoms with Crippen molar-refractivity contribution in [2.75, 3.05) is 7.05 Å². The van der Waals surface area contributed by atoms with Crippen molar-refractivity contribution in [2.45, 2.75) is 13.0 Å². The number of nitrogens with zero attached hydrogens (tertiary/aromatic N) is 1. The third kappa shape index (κ3) is 2.84. The predicted molar refractivity (Wildman–Crippen MR) is 51.8 cm³/mol. The van der Waals surface area contributed by atoms with Gasteiger partial charge < -0.3 is 5.32 Å². The molecular formula is C10H14N2. The van der Waals surface area contributed by atoms with Crippen molar-refractivity contribution in [3.8, 4) is 0 Å². The third-order valence-corrected chi connectivity index (χ3v) is 1.70. The Morgan fingerprint density at radius 1 is 1.50 bits per heavy atom. The summed E-state index contributed by atoms with van der Waals surface area (Å²) < 4.78 is 0. The first-order chi connectivity index (χ1) is 5.83. The van der Waals surface area contributed by atoms with Crippen LogP contribution in [0.25, 0.3) is 6.08 Å². The normalized spacial score (nSPS) is 13.5. The molecule has 1 unspecified atom stereocenters. The minimum atomic E-state index is 0.395. The minimum Gasteiger partial charge on any atom is -0.314 e. The molecule has 1 heterocycles. The summed E-state index contributed by atoms with van der Waals surface area (Å²) in [5.74, 6) is 0. The maximum Gasteiger partial charge on any atom is 0.0627 e. The van der Waals surface area contributed by atoms with Crippen LogP contribution < -0.4 is 5.32 Å². The molecule has 2 heteroatoms. The van der Waals surface area contributed by atoms with E-state index in [-0.39, 0.29) is 0 Å². The van der Waals surface area contributed by atoms with Crippen LogP contribution in [0.3, 0.4) is 0 Å². The van der Waals surface area contributed by atoms with Crippen LogP contribution in [0.1, 0.15) is 12.6 Å². The molecule has 1 N–H and O–H groups in total. The molecule has 0 radical (unpaired) electrons. The predicted octanol–water partition coefficient (Wildman–Crippen LogP) is 1.70. The molecule has 1 atom stereocenters. The Hall–Kier alpha value is -1.15. The lowest BCUT2D eigenvalue weighted by atomic mass is 10.2. The van der Waals surface area contributed by atoms with E-state index in [2.05, 4.69) is 23.3 Å². The van der Waals surface area contributed by atoms with Crippen molar-refractivity contribution < 1.29 is 0 Å². The van der Waals surface area contributed by atoms with E-state index in [9.17, 15) is 0 Å². The molecule has 1 aromatic heterocycles. The van der Waals surface area contributed by atoms with Crippen LogP contribution in [0.2, 0.25) is 0 Å². The van der Waals surface area contributed by atoms with Gasteiger partial charge >= 0.3 is 0 Å². The average molecular weight is 162 g/mol. The molecule has 2 nitrogen and oxygen atoms in total. The third-order valence-electron chi connectivity index (χ3n) is 1.70. The first-order valence-electron chi connectivity index (χ1n) is 4.09. The first kappa shape index (κ1) is 8.94. The molecule has 1 aromatic rings. The second-order valence-electron chi connectivity index (χ2n) is 2.69. The van der Waals surface area contributed by atoms with E-state index in [1.807, 2.05) is 31.3 Å². The van der Waals surface area contributed by atoms with Crippen molar-refractivity contribution in [3.05, 3.63) is 36.2 Å². The number of hydrogen-bond acceptors (Lipinski definition) is 2. The van der Waals surface area contributed by atoms with E-state index in [4.69, 9.17) is 0 Å². The summed E-state index contributed by atoms with van der Waals surface area (Å²) in [7, 11) is 1.94. The van der Waals surface area contributed by atoms with Crippen LogP contribution in [-0.2, 0) is 0 Å². The summed E-state index contributed by atoms with van der Waals surface area (Å²) in [5, 5.41) is 3.12. The van der Waals surface area contributed by atoms with E-state index in [1.54, 1.807) is 6.20 Å². The zero-order chi connectivity index (χ0) is 8.81. The van der Waals surface area contributed by atoms with Crippen LogP contribution in [0.4, 0.5) is 0 Å². The Balaban J connectivity index is 2.58. The van der Waals surface area contributed by atoms with E-state index >= 15 is 0 Å². The fourth-order valence-electron chi connectivity index (χ4n) is 0.814. The van der Waals surface area contributed by atoms with Crippen molar-refractivity contribution in [3.63, 3.8) is 0 Å². The molecule has 1 rings (SSSR count). The molecule has 0 saturated carbocycles. The van der Waals surface area contributed by atoms with Gasteiger partial charge in [-0.2, -0.15) is 0 Å². The fraction of sp³-hybridized carbons (Fsp3) is 0.300. The zero-order valence-corrected chi connectivity index (χ0v) is 7.49. The molecule has 64 valence electrons. The molecule has 0 aliphatic carbocycles. The Bertz CT molecular complexity index is 241. The summed E-state index contributed by atoms with van der Waals surface area (Å²) >= 11 is 0. The zero-order valence-electron chi connectivity index (χ0n) is 7.49. The number of rotatable bonds is 3. The van der Waals surface area contributed by atoms with Gasteiger partial charge in [0.05, 0.1) is 5.69 Å². The standard InChI is InChI=1S/C10H14N2/c1-9(11-2)6-7-10-5-3-4-8-12-10/h3-9,11H,1-2H3/b7-6+.